The Bertz CT molecular complexity index is 1470. The van der Waals surface area contributed by atoms with Crippen LogP contribution in [0.5, 0.6) is 0 Å². The van der Waals surface area contributed by atoms with Gasteiger partial charge < -0.3 is 5.32 Å². The van der Waals surface area contributed by atoms with Crippen molar-refractivity contribution in [2.24, 2.45) is 17.8 Å². The maximum absolute atomic E-state index is 13.9. The summed E-state index contributed by atoms with van der Waals surface area (Å²) in [6.45, 7) is 1.06. The fourth-order valence-electron chi connectivity index (χ4n) is 8.29. The van der Waals surface area contributed by atoms with Crippen LogP contribution in [0.15, 0.2) is 23.0 Å². The molecule has 224 valence electrons. The van der Waals surface area contributed by atoms with Crippen LogP contribution in [0.4, 0.5) is 13.2 Å². The van der Waals surface area contributed by atoms with Gasteiger partial charge in [-0.25, -0.2) is 4.98 Å². The second-order valence-electron chi connectivity index (χ2n) is 12.9. The number of aromatic nitrogens is 2. The molecule has 2 N–H and O–H groups in total. The molecule has 10 heteroatoms. The van der Waals surface area contributed by atoms with Crippen molar-refractivity contribution < 1.29 is 22.8 Å². The van der Waals surface area contributed by atoms with Gasteiger partial charge in [-0.1, -0.05) is 30.7 Å². The summed E-state index contributed by atoms with van der Waals surface area (Å²) in [7, 11) is 0. The Labute approximate surface area is 243 Å². The number of imide groups is 1. The quantitative estimate of drug-likeness (QED) is 0.252. The van der Waals surface area contributed by atoms with E-state index in [2.05, 4.69) is 22.1 Å². The van der Waals surface area contributed by atoms with Gasteiger partial charge in [-0.2, -0.15) is 13.2 Å². The number of hydrogen-bond acceptors (Lipinski definition) is 5. The number of hydrogen-bond donors (Lipinski definition) is 2. The van der Waals surface area contributed by atoms with E-state index in [9.17, 15) is 27.6 Å². The largest absolute Gasteiger partial charge is 0.449 e. The van der Waals surface area contributed by atoms with E-state index in [-0.39, 0.29) is 29.3 Å². The second kappa shape index (κ2) is 11.5. The van der Waals surface area contributed by atoms with Crippen LogP contribution in [0.3, 0.4) is 0 Å². The van der Waals surface area contributed by atoms with Crippen molar-refractivity contribution in [3.05, 3.63) is 39.9 Å². The molecule has 5 fully saturated rings. The Morgan fingerprint density at radius 2 is 1.69 bits per heavy atom. The van der Waals surface area contributed by atoms with E-state index in [1.54, 1.807) is 6.07 Å². The number of piperidine rings is 1. The number of amides is 2. The maximum Gasteiger partial charge on any atom is 0.449 e. The van der Waals surface area contributed by atoms with Crippen LogP contribution in [-0.4, -0.2) is 33.4 Å². The van der Waals surface area contributed by atoms with Crippen molar-refractivity contribution >= 4 is 22.7 Å². The number of carbonyl (C=O) groups excluding carboxylic acids is 2. The molecule has 2 aromatic rings. The number of fused-ring (bicyclic) bond motifs is 1. The van der Waals surface area contributed by atoms with Gasteiger partial charge in [-0.05, 0) is 94.2 Å². The lowest BCUT2D eigenvalue weighted by atomic mass is 9.53. The molecular formula is C32H37F3N4O3. The lowest BCUT2D eigenvalue weighted by Gasteiger charge is -2.57. The molecule has 2 amide bonds. The molecule has 1 atom stereocenters. The summed E-state index contributed by atoms with van der Waals surface area (Å²) in [5.74, 6) is 5.85. The summed E-state index contributed by atoms with van der Waals surface area (Å²) in [4.78, 5) is 41.2. The smallest absolute Gasteiger partial charge is 0.311 e. The van der Waals surface area contributed by atoms with Crippen LogP contribution in [0, 0.1) is 29.6 Å². The summed E-state index contributed by atoms with van der Waals surface area (Å²) in [5.41, 5.74) is -0.447. The first kappa shape index (κ1) is 28.9. The van der Waals surface area contributed by atoms with Gasteiger partial charge in [0, 0.05) is 23.9 Å². The van der Waals surface area contributed by atoms with E-state index in [0.29, 0.717) is 16.5 Å². The molecule has 7 nitrogen and oxygen atoms in total. The van der Waals surface area contributed by atoms with Crippen molar-refractivity contribution in [3.8, 4) is 11.8 Å². The summed E-state index contributed by atoms with van der Waals surface area (Å²) < 4.78 is 42.2. The number of nitrogens with zero attached hydrogens (tertiary/aromatic N) is 2. The second-order valence-corrected chi connectivity index (χ2v) is 12.9. The first-order valence-corrected chi connectivity index (χ1v) is 15.3. The predicted octanol–water partition coefficient (Wildman–Crippen LogP) is 5.25. The van der Waals surface area contributed by atoms with Crippen LogP contribution < -0.4 is 16.2 Å². The van der Waals surface area contributed by atoms with Crippen LogP contribution in [0.2, 0.25) is 0 Å². The van der Waals surface area contributed by atoms with E-state index in [4.69, 9.17) is 0 Å². The first-order valence-electron chi connectivity index (χ1n) is 15.3. The molecule has 7 rings (SSSR count). The fourth-order valence-corrected chi connectivity index (χ4v) is 8.29. The molecule has 1 saturated heterocycles. The fraction of sp³-hybridized carbons (Fsp3) is 0.625. The van der Waals surface area contributed by atoms with Crippen LogP contribution >= 0.6 is 0 Å². The van der Waals surface area contributed by atoms with Crippen molar-refractivity contribution in [2.45, 2.75) is 101 Å². The van der Waals surface area contributed by atoms with E-state index in [1.807, 2.05) is 5.32 Å². The normalized spacial score (nSPS) is 28.5. The summed E-state index contributed by atoms with van der Waals surface area (Å²) >= 11 is 0. The highest BCUT2D eigenvalue weighted by molar-refractivity contribution is 5.99. The van der Waals surface area contributed by atoms with Crippen LogP contribution in [0.25, 0.3) is 10.9 Å². The number of benzene rings is 1. The third-order valence-corrected chi connectivity index (χ3v) is 9.69. The van der Waals surface area contributed by atoms with E-state index >= 15 is 0 Å². The number of carbonyl (C=O) groups is 2. The van der Waals surface area contributed by atoms with Crippen molar-refractivity contribution in [1.29, 1.82) is 0 Å². The zero-order valence-corrected chi connectivity index (χ0v) is 23.7. The standard InChI is InChI=1S/C32H37F3N4O3/c33-32(34,35)30-37-24-10-7-9-23(27(24)29(42)39(30)25-11-12-26(40)38-28(25)41)8-5-3-1-2-4-6-13-36-31-17-20-14-21(18-31)16-22(15-20)19-31/h7,9-10,20-22,25,36H,1-4,6,11-19H2,(H,38,40,41)/t20?,21?,22?,25-,31?/m1/s1. The molecule has 0 radical (unpaired) electrons. The minimum atomic E-state index is -4.97. The van der Waals surface area contributed by atoms with E-state index < -0.39 is 35.4 Å². The Hall–Kier alpha value is -3.19. The molecule has 4 saturated carbocycles. The molecule has 5 aliphatic rings. The predicted molar refractivity (Wildman–Crippen MR) is 151 cm³/mol. The van der Waals surface area contributed by atoms with Crippen molar-refractivity contribution in [3.63, 3.8) is 0 Å². The van der Waals surface area contributed by atoms with Gasteiger partial charge in [0.25, 0.3) is 5.56 Å². The molecule has 1 aliphatic heterocycles. The van der Waals surface area contributed by atoms with Gasteiger partial charge in [-0.15, -0.1) is 0 Å². The molecule has 2 heterocycles. The summed E-state index contributed by atoms with van der Waals surface area (Å²) in [6.07, 6.45) is 7.82. The SMILES string of the molecule is O=C1CC[C@@H](n2c(C(F)(F)F)nc3cccc(C#CCCCCCCNC45CC6CC(CC(C6)C4)C5)c3c2=O)C(=O)N1. The topological polar surface area (TPSA) is 93.1 Å². The summed E-state index contributed by atoms with van der Waals surface area (Å²) in [6, 6.07) is 2.95. The van der Waals surface area contributed by atoms with Crippen molar-refractivity contribution in [1.82, 2.24) is 20.2 Å². The molecule has 1 aromatic carbocycles. The zero-order chi connectivity index (χ0) is 29.5. The highest BCUT2D eigenvalue weighted by Gasteiger charge is 2.50. The van der Waals surface area contributed by atoms with Crippen LogP contribution in [-0.2, 0) is 15.8 Å². The number of halogens is 3. The van der Waals surface area contributed by atoms with E-state index in [0.717, 1.165) is 50.0 Å². The Morgan fingerprint density at radius 3 is 2.36 bits per heavy atom. The molecule has 4 bridgehead atoms. The minimum absolute atomic E-state index is 0.0570. The third kappa shape index (κ3) is 5.85. The number of nitrogens with one attached hydrogen (secondary N) is 2. The minimum Gasteiger partial charge on any atom is -0.311 e. The molecule has 0 spiro atoms. The van der Waals surface area contributed by atoms with E-state index in [1.165, 1.54) is 50.7 Å². The van der Waals surface area contributed by atoms with Gasteiger partial charge in [0.05, 0.1) is 10.9 Å². The average molecular weight is 583 g/mol. The van der Waals surface area contributed by atoms with Gasteiger partial charge in [0.2, 0.25) is 17.6 Å². The monoisotopic (exact) mass is 582 g/mol. The maximum atomic E-state index is 13.9. The van der Waals surface area contributed by atoms with Gasteiger partial charge in [0.15, 0.2) is 0 Å². The van der Waals surface area contributed by atoms with Crippen molar-refractivity contribution in [2.75, 3.05) is 6.54 Å². The van der Waals surface area contributed by atoms with Gasteiger partial charge in [-0.3, -0.25) is 24.3 Å². The zero-order valence-electron chi connectivity index (χ0n) is 23.7. The number of rotatable bonds is 8. The highest BCUT2D eigenvalue weighted by Crippen LogP contribution is 2.55. The Kier molecular flexibility index (Phi) is 7.90. The molecule has 0 unspecified atom stereocenters. The van der Waals surface area contributed by atoms with Gasteiger partial charge >= 0.3 is 6.18 Å². The Morgan fingerprint density at radius 1 is 1.00 bits per heavy atom. The molecule has 1 aromatic heterocycles. The Balaban J connectivity index is 1.08. The first-order chi connectivity index (χ1) is 20.1. The van der Waals surface area contributed by atoms with Gasteiger partial charge in [0.1, 0.15) is 6.04 Å². The van der Waals surface area contributed by atoms with Crippen LogP contribution in [0.1, 0.15) is 101 Å². The lowest BCUT2D eigenvalue weighted by Crippen LogP contribution is -2.58. The number of alkyl halides is 3. The highest BCUT2D eigenvalue weighted by atomic mass is 19.4. The molecular weight excluding hydrogens is 545 g/mol. The lowest BCUT2D eigenvalue weighted by molar-refractivity contribution is -0.150. The average Bonchev–Trinajstić information content (AvgIpc) is 2.91. The number of unbranched alkanes of at least 4 members (excludes halogenated alkanes) is 4. The molecule has 4 aliphatic carbocycles. The molecule has 42 heavy (non-hydrogen) atoms. The third-order valence-electron chi connectivity index (χ3n) is 9.69. The summed E-state index contributed by atoms with van der Waals surface area (Å²) in [5, 5.41) is 5.91.